The van der Waals surface area contributed by atoms with Gasteiger partial charge in [-0.3, -0.25) is 9.78 Å². The number of urea groups is 1. The van der Waals surface area contributed by atoms with E-state index in [-0.39, 0.29) is 18.0 Å². The molecule has 7 heteroatoms. The summed E-state index contributed by atoms with van der Waals surface area (Å²) >= 11 is 0. The maximum atomic E-state index is 12.3. The summed E-state index contributed by atoms with van der Waals surface area (Å²) in [5.41, 5.74) is 2.78. The van der Waals surface area contributed by atoms with Crippen LogP contribution in [-0.2, 0) is 0 Å². The van der Waals surface area contributed by atoms with Crippen LogP contribution in [0.1, 0.15) is 17.3 Å². The second-order valence-electron chi connectivity index (χ2n) is 6.90. The Morgan fingerprint density at radius 3 is 2.30 bits per heavy atom. The predicted molar refractivity (Wildman–Crippen MR) is 120 cm³/mol. The Labute approximate surface area is 176 Å². The average molecular weight is 403 g/mol. The van der Waals surface area contributed by atoms with Gasteiger partial charge in [-0.2, -0.15) is 0 Å². The molecule has 7 nitrogen and oxygen atoms in total. The lowest BCUT2D eigenvalue weighted by Gasteiger charge is -2.27. The number of aromatic nitrogens is 1. The van der Waals surface area contributed by atoms with Gasteiger partial charge in [0.2, 0.25) is 0 Å². The van der Waals surface area contributed by atoms with E-state index in [1.54, 1.807) is 48.8 Å². The number of para-hydroxylation sites is 1. The first-order valence-corrected chi connectivity index (χ1v) is 9.67. The van der Waals surface area contributed by atoms with Gasteiger partial charge < -0.3 is 20.9 Å². The van der Waals surface area contributed by atoms with E-state index in [1.807, 2.05) is 44.3 Å². The number of likely N-dealkylation sites (N-methyl/N-ethyl adjacent to an activating group) is 1. The molecular weight excluding hydrogens is 378 g/mol. The van der Waals surface area contributed by atoms with Crippen molar-refractivity contribution in [2.75, 3.05) is 29.1 Å². The molecule has 154 valence electrons. The maximum absolute atomic E-state index is 12.3. The third kappa shape index (κ3) is 5.81. The van der Waals surface area contributed by atoms with Crippen molar-refractivity contribution < 1.29 is 9.59 Å². The van der Waals surface area contributed by atoms with E-state index < -0.39 is 0 Å². The summed E-state index contributed by atoms with van der Waals surface area (Å²) in [5, 5.41) is 8.49. The van der Waals surface area contributed by atoms with Crippen molar-refractivity contribution >= 4 is 29.0 Å². The Morgan fingerprint density at radius 2 is 1.60 bits per heavy atom. The van der Waals surface area contributed by atoms with E-state index in [2.05, 4.69) is 25.8 Å². The van der Waals surface area contributed by atoms with Crippen molar-refractivity contribution in [1.82, 2.24) is 10.3 Å². The molecule has 1 atom stereocenters. The van der Waals surface area contributed by atoms with Gasteiger partial charge in [-0.15, -0.1) is 0 Å². The van der Waals surface area contributed by atoms with Gasteiger partial charge in [0.05, 0.1) is 0 Å². The third-order valence-corrected chi connectivity index (χ3v) is 4.70. The summed E-state index contributed by atoms with van der Waals surface area (Å²) in [7, 11) is 1.99. The Balaban J connectivity index is 1.52. The summed E-state index contributed by atoms with van der Waals surface area (Å²) < 4.78 is 0. The van der Waals surface area contributed by atoms with Gasteiger partial charge in [-0.1, -0.05) is 24.3 Å². The SMILES string of the molecule is C[C@H](CNC(=O)Nc1cccc(NC(=O)c2ccncc2)c1)N(C)c1ccccc1. The van der Waals surface area contributed by atoms with Gasteiger partial charge in [0.15, 0.2) is 0 Å². The molecule has 0 radical (unpaired) electrons. The molecule has 3 rings (SSSR count). The van der Waals surface area contributed by atoms with Crippen LogP contribution in [0.4, 0.5) is 21.9 Å². The molecule has 0 spiro atoms. The van der Waals surface area contributed by atoms with Crippen molar-refractivity contribution in [2.45, 2.75) is 13.0 Å². The minimum absolute atomic E-state index is 0.115. The molecular formula is C23H25N5O2. The first-order valence-electron chi connectivity index (χ1n) is 9.67. The monoisotopic (exact) mass is 403 g/mol. The lowest BCUT2D eigenvalue weighted by Crippen LogP contribution is -2.41. The summed E-state index contributed by atoms with van der Waals surface area (Å²) in [6, 6.07) is 20.1. The minimum Gasteiger partial charge on any atom is -0.370 e. The lowest BCUT2D eigenvalue weighted by atomic mass is 10.2. The highest BCUT2D eigenvalue weighted by Crippen LogP contribution is 2.16. The molecule has 3 amide bonds. The molecule has 3 aromatic rings. The van der Waals surface area contributed by atoms with Crippen LogP contribution in [0.2, 0.25) is 0 Å². The average Bonchev–Trinajstić information content (AvgIpc) is 2.78. The van der Waals surface area contributed by atoms with Crippen molar-refractivity contribution in [3.05, 3.63) is 84.7 Å². The van der Waals surface area contributed by atoms with E-state index in [1.165, 1.54) is 0 Å². The van der Waals surface area contributed by atoms with Crippen LogP contribution in [0.5, 0.6) is 0 Å². The number of rotatable bonds is 7. The quantitative estimate of drug-likeness (QED) is 0.557. The van der Waals surface area contributed by atoms with E-state index >= 15 is 0 Å². The largest absolute Gasteiger partial charge is 0.370 e. The van der Waals surface area contributed by atoms with Gasteiger partial charge >= 0.3 is 6.03 Å². The number of nitrogens with one attached hydrogen (secondary N) is 3. The fourth-order valence-electron chi connectivity index (χ4n) is 2.85. The standard InChI is InChI=1S/C23H25N5O2/c1-17(28(2)21-9-4-3-5-10-21)16-25-23(30)27-20-8-6-7-19(15-20)26-22(29)18-11-13-24-14-12-18/h3-15,17H,16H2,1-2H3,(H,26,29)(H2,25,27,30)/t17-/m1/s1. The van der Waals surface area contributed by atoms with Crippen LogP contribution < -0.4 is 20.9 Å². The molecule has 30 heavy (non-hydrogen) atoms. The highest BCUT2D eigenvalue weighted by atomic mass is 16.2. The molecule has 3 N–H and O–H groups in total. The van der Waals surface area contributed by atoms with Crippen molar-refractivity contribution in [3.8, 4) is 0 Å². The number of hydrogen-bond acceptors (Lipinski definition) is 4. The number of carbonyl (C=O) groups is 2. The smallest absolute Gasteiger partial charge is 0.319 e. The van der Waals surface area contributed by atoms with E-state index in [0.29, 0.717) is 23.5 Å². The number of amides is 3. The van der Waals surface area contributed by atoms with Gasteiger partial charge in [-0.25, -0.2) is 4.79 Å². The van der Waals surface area contributed by atoms with Crippen LogP contribution in [0, 0.1) is 0 Å². The van der Waals surface area contributed by atoms with E-state index in [9.17, 15) is 9.59 Å². The molecule has 0 aliphatic rings. The lowest BCUT2D eigenvalue weighted by molar-refractivity contribution is 0.102. The first-order chi connectivity index (χ1) is 14.5. The van der Waals surface area contributed by atoms with Crippen molar-refractivity contribution in [1.29, 1.82) is 0 Å². The maximum Gasteiger partial charge on any atom is 0.319 e. The van der Waals surface area contributed by atoms with Gasteiger partial charge in [-0.05, 0) is 49.4 Å². The summed E-state index contributed by atoms with van der Waals surface area (Å²) in [5.74, 6) is -0.239. The molecule has 0 aliphatic carbocycles. The molecule has 1 aromatic heterocycles. The van der Waals surface area contributed by atoms with Gasteiger partial charge in [0.25, 0.3) is 5.91 Å². The zero-order valence-corrected chi connectivity index (χ0v) is 17.0. The summed E-state index contributed by atoms with van der Waals surface area (Å²) in [6.45, 7) is 2.53. The molecule has 0 saturated carbocycles. The fourth-order valence-corrected chi connectivity index (χ4v) is 2.85. The topological polar surface area (TPSA) is 86.4 Å². The Hall–Kier alpha value is -3.87. The molecule has 1 heterocycles. The van der Waals surface area contributed by atoms with Gasteiger partial charge in [0, 0.05) is 54.7 Å². The summed E-state index contributed by atoms with van der Waals surface area (Å²) in [6.07, 6.45) is 3.13. The Kier molecular flexibility index (Phi) is 7.00. The van der Waals surface area contributed by atoms with Crippen molar-refractivity contribution in [2.24, 2.45) is 0 Å². The van der Waals surface area contributed by atoms with Crippen LogP contribution >= 0.6 is 0 Å². The Morgan fingerprint density at radius 1 is 0.933 bits per heavy atom. The number of carbonyl (C=O) groups excluding carboxylic acids is 2. The van der Waals surface area contributed by atoms with Crippen LogP contribution in [0.15, 0.2) is 79.1 Å². The molecule has 0 bridgehead atoms. The van der Waals surface area contributed by atoms with E-state index in [0.717, 1.165) is 5.69 Å². The zero-order valence-electron chi connectivity index (χ0n) is 17.0. The number of anilines is 3. The summed E-state index contributed by atoms with van der Waals surface area (Å²) in [4.78, 5) is 30.6. The van der Waals surface area contributed by atoms with Crippen LogP contribution in [0.25, 0.3) is 0 Å². The normalized spacial score (nSPS) is 11.3. The highest BCUT2D eigenvalue weighted by molar-refractivity contribution is 6.04. The fraction of sp³-hybridized carbons (Fsp3) is 0.174. The second-order valence-corrected chi connectivity index (χ2v) is 6.90. The Bertz CT molecular complexity index is 979. The zero-order chi connectivity index (χ0) is 21.3. The van der Waals surface area contributed by atoms with Crippen LogP contribution in [0.3, 0.4) is 0 Å². The number of nitrogens with zero attached hydrogens (tertiary/aromatic N) is 2. The minimum atomic E-state index is -0.305. The van der Waals surface area contributed by atoms with E-state index in [4.69, 9.17) is 0 Å². The first kappa shape index (κ1) is 20.9. The number of hydrogen-bond donors (Lipinski definition) is 3. The molecule has 0 saturated heterocycles. The van der Waals surface area contributed by atoms with Crippen LogP contribution in [-0.4, -0.2) is 36.6 Å². The second kappa shape index (κ2) is 10.1. The molecule has 0 fully saturated rings. The number of pyridine rings is 1. The number of benzene rings is 2. The van der Waals surface area contributed by atoms with Gasteiger partial charge in [0.1, 0.15) is 0 Å². The highest BCUT2D eigenvalue weighted by Gasteiger charge is 2.12. The molecule has 0 aliphatic heterocycles. The molecule has 0 unspecified atom stereocenters. The van der Waals surface area contributed by atoms with Crippen molar-refractivity contribution in [3.63, 3.8) is 0 Å². The molecule has 2 aromatic carbocycles. The third-order valence-electron chi connectivity index (χ3n) is 4.70. The predicted octanol–water partition coefficient (Wildman–Crippen LogP) is 3.98.